The molecule has 0 aliphatic heterocycles. The van der Waals surface area contributed by atoms with Crippen LogP contribution in [0.5, 0.6) is 0 Å². The highest BCUT2D eigenvalue weighted by Crippen LogP contribution is 2.09. The minimum Gasteiger partial charge on any atom is -0.389 e. The van der Waals surface area contributed by atoms with Crippen molar-refractivity contribution in [2.24, 2.45) is 5.73 Å². The molecule has 0 fully saturated rings. The Labute approximate surface area is 123 Å². The summed E-state index contributed by atoms with van der Waals surface area (Å²) < 4.78 is 0. The van der Waals surface area contributed by atoms with Crippen LogP contribution in [0.15, 0.2) is 54.6 Å². The molecule has 0 bridgehead atoms. The third-order valence-electron chi connectivity index (χ3n) is 2.72. The lowest BCUT2D eigenvalue weighted by Crippen LogP contribution is -2.28. The Balaban J connectivity index is 1.86. The first-order valence-electron chi connectivity index (χ1n) is 6.14. The molecule has 2 aromatic carbocycles. The topological polar surface area (TPSA) is 67.1 Å². The molecule has 2 rings (SSSR count). The summed E-state index contributed by atoms with van der Waals surface area (Å²) in [5, 5.41) is 5.53. The Bertz CT molecular complexity index is 596. The average Bonchev–Trinajstić information content (AvgIpc) is 2.47. The van der Waals surface area contributed by atoms with Crippen LogP contribution in [0.25, 0.3) is 0 Å². The quantitative estimate of drug-likeness (QED) is 0.757. The zero-order valence-corrected chi connectivity index (χ0v) is 11.6. The summed E-state index contributed by atoms with van der Waals surface area (Å²) in [7, 11) is 0. The van der Waals surface area contributed by atoms with Gasteiger partial charge in [-0.1, -0.05) is 42.5 Å². The fourth-order valence-electron chi connectivity index (χ4n) is 1.67. The van der Waals surface area contributed by atoms with Crippen molar-refractivity contribution in [2.75, 3.05) is 5.32 Å². The maximum Gasteiger partial charge on any atom is 0.319 e. The maximum absolute atomic E-state index is 11.7. The molecule has 2 aromatic rings. The number of nitrogens with one attached hydrogen (secondary N) is 2. The van der Waals surface area contributed by atoms with Gasteiger partial charge in [-0.3, -0.25) is 0 Å². The molecule has 0 radical (unpaired) electrons. The van der Waals surface area contributed by atoms with Gasteiger partial charge in [-0.2, -0.15) is 0 Å². The van der Waals surface area contributed by atoms with Crippen molar-refractivity contribution >= 4 is 28.9 Å². The van der Waals surface area contributed by atoms with Crippen molar-refractivity contribution in [1.82, 2.24) is 5.32 Å². The first kappa shape index (κ1) is 14.0. The van der Waals surface area contributed by atoms with Gasteiger partial charge in [0.1, 0.15) is 4.99 Å². The van der Waals surface area contributed by atoms with Crippen molar-refractivity contribution in [3.8, 4) is 0 Å². The molecule has 102 valence electrons. The van der Waals surface area contributed by atoms with Crippen molar-refractivity contribution in [2.45, 2.75) is 6.54 Å². The Kier molecular flexibility index (Phi) is 4.68. The van der Waals surface area contributed by atoms with Crippen LogP contribution in [0.1, 0.15) is 11.1 Å². The summed E-state index contributed by atoms with van der Waals surface area (Å²) >= 11 is 4.87. The third kappa shape index (κ3) is 4.07. The smallest absolute Gasteiger partial charge is 0.319 e. The summed E-state index contributed by atoms with van der Waals surface area (Å²) in [5.74, 6) is 0. The van der Waals surface area contributed by atoms with E-state index in [9.17, 15) is 4.79 Å². The SMILES string of the molecule is NC(=S)c1ccc(NC(=O)NCc2ccccc2)cc1. The summed E-state index contributed by atoms with van der Waals surface area (Å²) in [6.45, 7) is 0.484. The molecule has 20 heavy (non-hydrogen) atoms. The summed E-state index contributed by atoms with van der Waals surface area (Å²) in [6, 6.07) is 16.5. The fourth-order valence-corrected chi connectivity index (χ4v) is 1.81. The highest BCUT2D eigenvalue weighted by atomic mass is 32.1. The van der Waals surface area contributed by atoms with Crippen LogP contribution in [0.2, 0.25) is 0 Å². The Morgan fingerprint density at radius 3 is 2.30 bits per heavy atom. The lowest BCUT2D eigenvalue weighted by molar-refractivity contribution is 0.251. The predicted molar refractivity (Wildman–Crippen MR) is 84.6 cm³/mol. The number of nitrogens with two attached hydrogens (primary N) is 1. The van der Waals surface area contributed by atoms with E-state index in [0.29, 0.717) is 17.2 Å². The van der Waals surface area contributed by atoms with E-state index in [1.54, 1.807) is 24.3 Å². The molecule has 0 saturated carbocycles. The minimum atomic E-state index is -0.253. The zero-order chi connectivity index (χ0) is 14.4. The zero-order valence-electron chi connectivity index (χ0n) is 10.8. The number of carbonyl (C=O) groups is 1. The normalized spacial score (nSPS) is 9.80. The number of hydrogen-bond acceptors (Lipinski definition) is 2. The van der Waals surface area contributed by atoms with Gasteiger partial charge in [0.2, 0.25) is 0 Å². The second kappa shape index (κ2) is 6.68. The molecule has 0 aliphatic rings. The number of urea groups is 1. The van der Waals surface area contributed by atoms with Gasteiger partial charge in [-0.05, 0) is 29.8 Å². The first-order chi connectivity index (χ1) is 9.65. The van der Waals surface area contributed by atoms with E-state index in [1.165, 1.54) is 0 Å². The predicted octanol–water partition coefficient (Wildman–Crippen LogP) is 2.64. The molecule has 0 aromatic heterocycles. The second-order valence-electron chi connectivity index (χ2n) is 4.23. The van der Waals surface area contributed by atoms with Crippen molar-refractivity contribution in [1.29, 1.82) is 0 Å². The molecular formula is C15H15N3OS. The standard InChI is InChI=1S/C15H15N3OS/c16-14(20)12-6-8-13(9-7-12)18-15(19)17-10-11-4-2-1-3-5-11/h1-9H,10H2,(H2,16,20)(H2,17,18,19). The number of benzene rings is 2. The van der Waals surface area contributed by atoms with E-state index in [-0.39, 0.29) is 6.03 Å². The molecule has 0 atom stereocenters. The van der Waals surface area contributed by atoms with Gasteiger partial charge in [0.25, 0.3) is 0 Å². The number of anilines is 1. The van der Waals surface area contributed by atoms with Gasteiger partial charge in [-0.15, -0.1) is 0 Å². The van der Waals surface area contributed by atoms with Crippen LogP contribution in [-0.2, 0) is 6.54 Å². The maximum atomic E-state index is 11.7. The fraction of sp³-hybridized carbons (Fsp3) is 0.0667. The second-order valence-corrected chi connectivity index (χ2v) is 4.67. The Morgan fingerprint density at radius 1 is 1.05 bits per heavy atom. The average molecular weight is 285 g/mol. The monoisotopic (exact) mass is 285 g/mol. The molecule has 0 spiro atoms. The van der Waals surface area contributed by atoms with Crippen LogP contribution in [-0.4, -0.2) is 11.0 Å². The van der Waals surface area contributed by atoms with Crippen molar-refractivity contribution in [3.05, 3.63) is 65.7 Å². The lowest BCUT2D eigenvalue weighted by Gasteiger charge is -2.08. The van der Waals surface area contributed by atoms with Gasteiger partial charge in [0.15, 0.2) is 0 Å². The van der Waals surface area contributed by atoms with Crippen LogP contribution in [0.4, 0.5) is 10.5 Å². The van der Waals surface area contributed by atoms with Crippen molar-refractivity contribution in [3.63, 3.8) is 0 Å². The number of hydrogen-bond donors (Lipinski definition) is 3. The van der Waals surface area contributed by atoms with Crippen LogP contribution in [0.3, 0.4) is 0 Å². The van der Waals surface area contributed by atoms with Gasteiger partial charge < -0.3 is 16.4 Å². The van der Waals surface area contributed by atoms with Gasteiger partial charge in [-0.25, -0.2) is 4.79 Å². The van der Waals surface area contributed by atoms with E-state index >= 15 is 0 Å². The van der Waals surface area contributed by atoms with Crippen LogP contribution >= 0.6 is 12.2 Å². The van der Waals surface area contributed by atoms with E-state index in [0.717, 1.165) is 11.1 Å². The van der Waals surface area contributed by atoms with E-state index in [1.807, 2.05) is 30.3 Å². The van der Waals surface area contributed by atoms with Crippen molar-refractivity contribution < 1.29 is 4.79 Å². The summed E-state index contributed by atoms with van der Waals surface area (Å²) in [4.78, 5) is 12.1. The highest BCUT2D eigenvalue weighted by molar-refractivity contribution is 7.80. The van der Waals surface area contributed by atoms with Gasteiger partial charge >= 0.3 is 6.03 Å². The molecule has 5 heteroatoms. The van der Waals surface area contributed by atoms with Gasteiger partial charge in [0.05, 0.1) is 0 Å². The summed E-state index contributed by atoms with van der Waals surface area (Å²) in [6.07, 6.45) is 0. The first-order valence-corrected chi connectivity index (χ1v) is 6.54. The van der Waals surface area contributed by atoms with E-state index < -0.39 is 0 Å². The van der Waals surface area contributed by atoms with Crippen LogP contribution < -0.4 is 16.4 Å². The molecule has 0 saturated heterocycles. The lowest BCUT2D eigenvalue weighted by atomic mass is 10.2. The number of thiocarbonyl (C=S) groups is 1. The van der Waals surface area contributed by atoms with E-state index in [4.69, 9.17) is 18.0 Å². The molecule has 0 unspecified atom stereocenters. The molecular weight excluding hydrogens is 270 g/mol. The van der Waals surface area contributed by atoms with Gasteiger partial charge in [0, 0.05) is 17.8 Å². The van der Waals surface area contributed by atoms with E-state index in [2.05, 4.69) is 10.6 Å². The minimum absolute atomic E-state index is 0.253. The summed E-state index contributed by atoms with van der Waals surface area (Å²) in [5.41, 5.74) is 8.02. The Morgan fingerprint density at radius 2 is 1.70 bits per heavy atom. The third-order valence-corrected chi connectivity index (χ3v) is 2.96. The molecule has 2 amide bonds. The number of rotatable bonds is 4. The number of carbonyl (C=O) groups excluding carboxylic acids is 1. The largest absolute Gasteiger partial charge is 0.389 e. The molecule has 0 aliphatic carbocycles. The highest BCUT2D eigenvalue weighted by Gasteiger charge is 2.02. The molecule has 4 N–H and O–H groups in total. The molecule has 0 heterocycles. The number of amides is 2. The molecule has 4 nitrogen and oxygen atoms in total. The van der Waals surface area contributed by atoms with Crippen LogP contribution in [0, 0.1) is 0 Å². The Hall–Kier alpha value is -2.40.